The molecule has 0 radical (unpaired) electrons. The van der Waals surface area contributed by atoms with Crippen molar-refractivity contribution in [3.05, 3.63) is 175 Å². The van der Waals surface area contributed by atoms with Gasteiger partial charge in [-0.25, -0.2) is 0 Å². The second kappa shape index (κ2) is 12.8. The van der Waals surface area contributed by atoms with Crippen molar-refractivity contribution >= 4 is 102 Å². The largest absolute Gasteiger partial charge is 0.456 e. The molecule has 5 heteroatoms. The van der Waals surface area contributed by atoms with Crippen molar-refractivity contribution in [3.63, 3.8) is 0 Å². The molecule has 0 aliphatic heterocycles. The predicted molar refractivity (Wildman–Crippen MR) is 236 cm³/mol. The molecule has 2 heterocycles. The van der Waals surface area contributed by atoms with Crippen LogP contribution in [0.5, 0.6) is 0 Å². The van der Waals surface area contributed by atoms with Gasteiger partial charge in [0.1, 0.15) is 22.3 Å². The Morgan fingerprint density at radius 3 is 1.35 bits per heavy atom. The van der Waals surface area contributed by atoms with Gasteiger partial charge in [-0.2, -0.15) is 0 Å². The Kier molecular flexibility index (Phi) is 7.68. The van der Waals surface area contributed by atoms with Crippen molar-refractivity contribution in [1.29, 1.82) is 0 Å². The number of aryl methyl sites for hydroxylation is 1. The number of fused-ring (bicyclic) bond motifs is 7. The van der Waals surface area contributed by atoms with E-state index in [9.17, 15) is 0 Å². The highest BCUT2D eigenvalue weighted by molar-refractivity contribution is 6.89. The maximum atomic E-state index is 6.67. The van der Waals surface area contributed by atoms with Gasteiger partial charge < -0.3 is 18.6 Å². The fraction of sp³-hybridized carbons (Fsp3) is 0.0800. The lowest BCUT2D eigenvalue weighted by atomic mass is 10.0. The van der Waals surface area contributed by atoms with Crippen LogP contribution in [0.4, 0.5) is 34.1 Å². The molecule has 0 spiro atoms. The van der Waals surface area contributed by atoms with E-state index in [0.717, 1.165) is 83.1 Å². The molecule has 266 valence electrons. The first kappa shape index (κ1) is 33.0. The number of hydrogen-bond donors (Lipinski definition) is 0. The molecule has 0 aliphatic rings. The monoisotopic (exact) mass is 728 g/mol. The Morgan fingerprint density at radius 1 is 0.382 bits per heavy atom. The van der Waals surface area contributed by atoms with Gasteiger partial charge in [0.15, 0.2) is 0 Å². The zero-order valence-electron chi connectivity index (χ0n) is 31.4. The van der Waals surface area contributed by atoms with Gasteiger partial charge in [-0.05, 0) is 113 Å². The second-order valence-electron chi connectivity index (χ2n) is 15.5. The van der Waals surface area contributed by atoms with Crippen molar-refractivity contribution < 1.29 is 8.83 Å². The molecule has 0 N–H and O–H groups in total. The summed E-state index contributed by atoms with van der Waals surface area (Å²) in [6, 6.07) is 60.6. The third-order valence-electron chi connectivity index (χ3n) is 10.8. The molecule has 8 aromatic carbocycles. The third-order valence-corrected chi connectivity index (χ3v) is 12.9. The summed E-state index contributed by atoms with van der Waals surface area (Å²) in [6.07, 6.45) is 0. The highest BCUT2D eigenvalue weighted by Gasteiger charge is 2.25. The van der Waals surface area contributed by atoms with Crippen molar-refractivity contribution in [3.8, 4) is 0 Å². The molecule has 0 saturated carbocycles. The van der Waals surface area contributed by atoms with E-state index < -0.39 is 8.07 Å². The van der Waals surface area contributed by atoms with Gasteiger partial charge in [-0.1, -0.05) is 92.4 Å². The summed E-state index contributed by atoms with van der Waals surface area (Å²) in [4.78, 5) is 4.68. The first-order valence-electron chi connectivity index (χ1n) is 18.9. The normalized spacial score (nSPS) is 12.0. The van der Waals surface area contributed by atoms with Gasteiger partial charge >= 0.3 is 0 Å². The first-order chi connectivity index (χ1) is 26.8. The maximum Gasteiger partial charge on any atom is 0.137 e. The van der Waals surface area contributed by atoms with Gasteiger partial charge in [-0.15, -0.1) is 0 Å². The van der Waals surface area contributed by atoms with E-state index in [0.29, 0.717) is 0 Å². The summed E-state index contributed by atoms with van der Waals surface area (Å²) in [5, 5.41) is 8.06. The van der Waals surface area contributed by atoms with E-state index in [1.165, 1.54) is 16.4 Å². The highest BCUT2D eigenvalue weighted by atomic mass is 28.3. The number of para-hydroxylation sites is 4. The molecule has 10 rings (SSSR count). The molecule has 10 aromatic rings. The van der Waals surface area contributed by atoms with E-state index in [4.69, 9.17) is 8.83 Å². The van der Waals surface area contributed by atoms with Crippen LogP contribution in [-0.2, 0) is 0 Å². The Morgan fingerprint density at radius 2 is 0.818 bits per heavy atom. The molecule has 0 fully saturated rings. The molecular weight excluding hydrogens is 689 g/mol. The smallest absolute Gasteiger partial charge is 0.137 e. The molecule has 0 bridgehead atoms. The first-order valence-corrected chi connectivity index (χ1v) is 22.4. The number of furan rings is 2. The minimum atomic E-state index is -1.66. The van der Waals surface area contributed by atoms with Crippen LogP contribution in [0.2, 0.25) is 19.6 Å². The van der Waals surface area contributed by atoms with Gasteiger partial charge in [0.25, 0.3) is 0 Å². The molecule has 0 atom stereocenters. The average molecular weight is 729 g/mol. The van der Waals surface area contributed by atoms with Gasteiger partial charge in [0.2, 0.25) is 0 Å². The summed E-state index contributed by atoms with van der Waals surface area (Å²) >= 11 is 0. The fourth-order valence-electron chi connectivity index (χ4n) is 8.17. The highest BCUT2D eigenvalue weighted by Crippen LogP contribution is 2.43. The zero-order valence-corrected chi connectivity index (χ0v) is 32.4. The molecule has 55 heavy (non-hydrogen) atoms. The quantitative estimate of drug-likeness (QED) is 0.153. The van der Waals surface area contributed by atoms with Crippen molar-refractivity contribution in [2.45, 2.75) is 26.6 Å². The SMILES string of the molecule is Cc1ccccc1N(c1ccccc1)c1ccc2c(c1)oc1cc3cc4oc5cc(N(c6ccccc6)c6ccccc6[Si](C)(C)C)ccc5c4cc3cc12. The Balaban J connectivity index is 1.08. The standard InChI is InChI=1S/C50H40N2O2Si/c1-33-15-11-12-20-44(33)51(36-16-7-5-8-17-36)38-23-25-40-42-27-34-28-43-41-26-24-39(32-49(41)54-47(43)30-35(34)29-46(42)53-48(40)31-38)52(37-18-9-6-10-19-37)45-21-13-14-22-50(45)55(2,3)4/h5-32H,1-4H3. The molecule has 4 nitrogen and oxygen atoms in total. The summed E-state index contributed by atoms with van der Waals surface area (Å²) in [6.45, 7) is 9.38. The summed E-state index contributed by atoms with van der Waals surface area (Å²) in [7, 11) is -1.66. The van der Waals surface area contributed by atoms with Crippen LogP contribution in [0.25, 0.3) is 54.6 Å². The summed E-state index contributed by atoms with van der Waals surface area (Å²) in [5.41, 5.74) is 11.4. The van der Waals surface area contributed by atoms with Crippen LogP contribution in [0.15, 0.2) is 179 Å². The molecular formula is C50H40N2O2Si. The maximum absolute atomic E-state index is 6.67. The zero-order chi connectivity index (χ0) is 37.3. The minimum absolute atomic E-state index is 0.859. The van der Waals surface area contributed by atoms with Crippen LogP contribution in [0, 0.1) is 6.92 Å². The number of nitrogens with zero attached hydrogens (tertiary/aromatic N) is 2. The molecule has 0 aliphatic carbocycles. The minimum Gasteiger partial charge on any atom is -0.456 e. The predicted octanol–water partition coefficient (Wildman–Crippen LogP) is 14.4. The molecule has 0 saturated heterocycles. The van der Waals surface area contributed by atoms with Crippen LogP contribution < -0.4 is 15.0 Å². The van der Waals surface area contributed by atoms with Crippen LogP contribution >= 0.6 is 0 Å². The number of benzene rings is 8. The third kappa shape index (κ3) is 5.67. The number of hydrogen-bond acceptors (Lipinski definition) is 4. The van der Waals surface area contributed by atoms with Crippen LogP contribution in [-0.4, -0.2) is 8.07 Å². The van der Waals surface area contributed by atoms with E-state index in [1.807, 2.05) is 0 Å². The van der Waals surface area contributed by atoms with E-state index >= 15 is 0 Å². The van der Waals surface area contributed by atoms with E-state index in [2.05, 4.69) is 206 Å². The van der Waals surface area contributed by atoms with Crippen molar-refractivity contribution in [2.75, 3.05) is 9.80 Å². The van der Waals surface area contributed by atoms with Crippen molar-refractivity contribution in [2.24, 2.45) is 0 Å². The lowest BCUT2D eigenvalue weighted by Gasteiger charge is -2.31. The second-order valence-corrected chi connectivity index (χ2v) is 20.5. The van der Waals surface area contributed by atoms with Crippen molar-refractivity contribution in [1.82, 2.24) is 0 Å². The van der Waals surface area contributed by atoms with E-state index in [1.54, 1.807) is 0 Å². The van der Waals surface area contributed by atoms with Gasteiger partial charge in [0.05, 0.1) is 8.07 Å². The molecule has 2 aromatic heterocycles. The topological polar surface area (TPSA) is 32.8 Å². The van der Waals surface area contributed by atoms with E-state index in [-0.39, 0.29) is 0 Å². The Bertz CT molecular complexity index is 3050. The summed E-state index contributed by atoms with van der Waals surface area (Å²) < 4.78 is 13.3. The van der Waals surface area contributed by atoms with Crippen LogP contribution in [0.1, 0.15) is 5.56 Å². The fourth-order valence-corrected chi connectivity index (χ4v) is 9.73. The Labute approximate surface area is 321 Å². The van der Waals surface area contributed by atoms with Crippen LogP contribution in [0.3, 0.4) is 0 Å². The number of rotatable bonds is 7. The Hall–Kier alpha value is -6.56. The van der Waals surface area contributed by atoms with Gasteiger partial charge in [-0.3, -0.25) is 0 Å². The summed E-state index contributed by atoms with van der Waals surface area (Å²) in [5.74, 6) is 0. The molecule has 0 amide bonds. The average Bonchev–Trinajstić information content (AvgIpc) is 3.73. The van der Waals surface area contributed by atoms with Gasteiger partial charge in [0, 0.05) is 67.8 Å². The lowest BCUT2D eigenvalue weighted by Crippen LogP contribution is -2.40. The molecule has 0 unspecified atom stereocenters. The lowest BCUT2D eigenvalue weighted by molar-refractivity contribution is 0.668. The number of anilines is 6.